The van der Waals surface area contributed by atoms with E-state index in [-0.39, 0.29) is 17.0 Å². The number of aromatic nitrogens is 4. The molecule has 0 aliphatic carbocycles. The molecule has 0 spiro atoms. The molecular weight excluding hydrogens is 486 g/mol. The van der Waals surface area contributed by atoms with Gasteiger partial charge >= 0.3 is 6.18 Å². The molecule has 5 aromatic rings. The number of nitrogens with one attached hydrogen (secondary N) is 1. The Morgan fingerprint density at radius 2 is 1.81 bits per heavy atom. The molecule has 6 nitrogen and oxygen atoms in total. The molecule has 2 heterocycles. The van der Waals surface area contributed by atoms with Gasteiger partial charge in [-0.25, -0.2) is 9.37 Å². The molecular formula is C27H23F4N5O. The molecule has 0 saturated heterocycles. The van der Waals surface area contributed by atoms with Gasteiger partial charge in [0.15, 0.2) is 11.4 Å². The normalized spacial score (nSPS) is 11.9. The summed E-state index contributed by atoms with van der Waals surface area (Å²) in [5.41, 5.74) is 1.81. The lowest BCUT2D eigenvalue weighted by Crippen LogP contribution is -2.15. The molecule has 0 unspecified atom stereocenters. The Morgan fingerprint density at radius 3 is 2.54 bits per heavy atom. The molecule has 0 bridgehead atoms. The average molecular weight is 510 g/mol. The van der Waals surface area contributed by atoms with Crippen LogP contribution < -0.4 is 5.32 Å². The Balaban J connectivity index is 1.60. The van der Waals surface area contributed by atoms with Crippen molar-refractivity contribution < 1.29 is 22.0 Å². The van der Waals surface area contributed by atoms with Crippen molar-refractivity contribution in [3.63, 3.8) is 0 Å². The smallest absolute Gasteiger partial charge is 0.420 e. The van der Waals surface area contributed by atoms with Gasteiger partial charge in [-0.2, -0.15) is 13.2 Å². The molecule has 10 heteroatoms. The van der Waals surface area contributed by atoms with Gasteiger partial charge in [0.1, 0.15) is 23.2 Å². The molecule has 3 aromatic carbocycles. The van der Waals surface area contributed by atoms with Crippen molar-refractivity contribution in [3.8, 4) is 34.0 Å². The largest absolute Gasteiger partial charge is 0.435 e. The van der Waals surface area contributed by atoms with Gasteiger partial charge < -0.3 is 14.3 Å². The van der Waals surface area contributed by atoms with E-state index < -0.39 is 17.6 Å². The van der Waals surface area contributed by atoms with Crippen molar-refractivity contribution in [2.75, 3.05) is 6.54 Å². The van der Waals surface area contributed by atoms with Gasteiger partial charge in [0, 0.05) is 24.7 Å². The van der Waals surface area contributed by atoms with Crippen LogP contribution >= 0.6 is 0 Å². The fraction of sp³-hybridized carbons (Fsp3) is 0.222. The highest BCUT2D eigenvalue weighted by Gasteiger charge is 2.35. The maximum atomic E-state index is 14.1. The SMILES string of the molecule is CCCNCc1cc(C(F)(F)F)c2oc(-c3cccc(-c4ccc(F)cc4-c4nncn4C)c3)nc2c1. The molecule has 0 atom stereocenters. The van der Waals surface area contributed by atoms with E-state index in [0.717, 1.165) is 12.5 Å². The molecule has 0 fully saturated rings. The lowest BCUT2D eigenvalue weighted by molar-refractivity contribution is -0.136. The van der Waals surface area contributed by atoms with Gasteiger partial charge in [0.2, 0.25) is 5.89 Å². The van der Waals surface area contributed by atoms with Crippen LogP contribution in [-0.4, -0.2) is 26.3 Å². The summed E-state index contributed by atoms with van der Waals surface area (Å²) in [6.07, 6.45) is -2.22. The third kappa shape index (κ3) is 4.97. The minimum Gasteiger partial charge on any atom is -0.435 e. The number of rotatable bonds is 7. The van der Waals surface area contributed by atoms with Crippen LogP contribution in [0.25, 0.3) is 45.1 Å². The van der Waals surface area contributed by atoms with Crippen LogP contribution in [0, 0.1) is 5.82 Å². The highest BCUT2D eigenvalue weighted by atomic mass is 19.4. The predicted octanol–water partition coefficient (Wildman–Crippen LogP) is 6.61. The molecule has 1 N–H and O–H groups in total. The first kappa shape index (κ1) is 24.6. The number of oxazole rings is 1. The van der Waals surface area contributed by atoms with Crippen LogP contribution in [0.3, 0.4) is 0 Å². The maximum Gasteiger partial charge on any atom is 0.420 e. The zero-order valence-electron chi connectivity index (χ0n) is 20.1. The highest BCUT2D eigenvalue weighted by Crippen LogP contribution is 2.39. The van der Waals surface area contributed by atoms with Crippen LogP contribution in [0.4, 0.5) is 17.6 Å². The topological polar surface area (TPSA) is 68.8 Å². The quantitative estimate of drug-likeness (QED) is 0.197. The average Bonchev–Trinajstić information content (AvgIpc) is 3.49. The summed E-state index contributed by atoms with van der Waals surface area (Å²) in [5.74, 6) is 0.102. The molecule has 0 aliphatic rings. The summed E-state index contributed by atoms with van der Waals surface area (Å²) < 4.78 is 63.1. The molecule has 190 valence electrons. The van der Waals surface area contributed by atoms with Crippen molar-refractivity contribution in [2.45, 2.75) is 26.1 Å². The van der Waals surface area contributed by atoms with E-state index in [4.69, 9.17) is 4.42 Å². The second kappa shape index (κ2) is 9.78. The first-order valence-corrected chi connectivity index (χ1v) is 11.7. The zero-order valence-corrected chi connectivity index (χ0v) is 20.1. The first-order chi connectivity index (χ1) is 17.7. The van der Waals surface area contributed by atoms with Gasteiger partial charge in [-0.3, -0.25) is 0 Å². The zero-order chi connectivity index (χ0) is 26.2. The minimum absolute atomic E-state index is 0.0586. The molecule has 37 heavy (non-hydrogen) atoms. The third-order valence-electron chi connectivity index (χ3n) is 5.97. The predicted molar refractivity (Wildman–Crippen MR) is 132 cm³/mol. The van der Waals surface area contributed by atoms with Crippen molar-refractivity contribution in [1.29, 1.82) is 0 Å². The lowest BCUT2D eigenvalue weighted by Gasteiger charge is -2.10. The molecule has 2 aromatic heterocycles. The number of nitrogens with zero attached hydrogens (tertiary/aromatic N) is 4. The highest BCUT2D eigenvalue weighted by molar-refractivity contribution is 5.84. The Bertz CT molecular complexity index is 1570. The van der Waals surface area contributed by atoms with Gasteiger partial charge in [0.05, 0.1) is 0 Å². The van der Waals surface area contributed by atoms with E-state index in [0.29, 0.717) is 46.7 Å². The maximum absolute atomic E-state index is 14.1. The summed E-state index contributed by atoms with van der Waals surface area (Å²) >= 11 is 0. The second-order valence-corrected chi connectivity index (χ2v) is 8.72. The number of aryl methyl sites for hydroxylation is 1. The second-order valence-electron chi connectivity index (χ2n) is 8.72. The van der Waals surface area contributed by atoms with E-state index in [1.54, 1.807) is 41.9 Å². The number of halogens is 4. The fourth-order valence-electron chi connectivity index (χ4n) is 4.24. The summed E-state index contributed by atoms with van der Waals surface area (Å²) in [7, 11) is 1.75. The number of alkyl halides is 3. The lowest BCUT2D eigenvalue weighted by atomic mass is 9.97. The first-order valence-electron chi connectivity index (χ1n) is 11.7. The van der Waals surface area contributed by atoms with Gasteiger partial charge in [-0.15, -0.1) is 10.2 Å². The van der Waals surface area contributed by atoms with E-state index in [1.807, 2.05) is 13.0 Å². The van der Waals surface area contributed by atoms with E-state index in [2.05, 4.69) is 20.5 Å². The summed E-state index contributed by atoms with van der Waals surface area (Å²) in [6.45, 7) is 2.97. The Kier molecular flexibility index (Phi) is 6.51. The van der Waals surface area contributed by atoms with E-state index >= 15 is 0 Å². The van der Waals surface area contributed by atoms with Crippen molar-refractivity contribution in [3.05, 3.63) is 77.9 Å². The Labute approximate surface area is 210 Å². The van der Waals surface area contributed by atoms with Gasteiger partial charge in [-0.1, -0.05) is 25.1 Å². The van der Waals surface area contributed by atoms with Crippen LogP contribution in [0.1, 0.15) is 24.5 Å². The fourth-order valence-corrected chi connectivity index (χ4v) is 4.24. The van der Waals surface area contributed by atoms with Crippen LogP contribution in [0.5, 0.6) is 0 Å². The summed E-state index contributed by atoms with van der Waals surface area (Å²) in [6, 6.07) is 14.1. The minimum atomic E-state index is -4.60. The third-order valence-corrected chi connectivity index (χ3v) is 5.97. The van der Waals surface area contributed by atoms with Gasteiger partial charge in [0.25, 0.3) is 0 Å². The molecule has 5 rings (SSSR count). The molecule has 0 radical (unpaired) electrons. The molecule has 0 saturated carbocycles. The van der Waals surface area contributed by atoms with Crippen LogP contribution in [0.15, 0.2) is 65.3 Å². The Morgan fingerprint density at radius 1 is 1.00 bits per heavy atom. The number of hydrogen-bond donors (Lipinski definition) is 1. The Hall–Kier alpha value is -4.05. The number of fused-ring (bicyclic) bond motifs is 1. The van der Waals surface area contributed by atoms with Crippen molar-refractivity contribution >= 4 is 11.1 Å². The summed E-state index contributed by atoms with van der Waals surface area (Å²) in [5, 5.41) is 11.1. The van der Waals surface area contributed by atoms with Crippen LogP contribution in [-0.2, 0) is 19.8 Å². The number of benzene rings is 3. The van der Waals surface area contributed by atoms with Crippen molar-refractivity contribution in [1.82, 2.24) is 25.1 Å². The summed E-state index contributed by atoms with van der Waals surface area (Å²) in [4.78, 5) is 4.40. The van der Waals surface area contributed by atoms with E-state index in [1.165, 1.54) is 18.5 Å². The monoisotopic (exact) mass is 509 g/mol. The molecule has 0 amide bonds. The van der Waals surface area contributed by atoms with Crippen LogP contribution in [0.2, 0.25) is 0 Å². The van der Waals surface area contributed by atoms with Crippen molar-refractivity contribution in [2.24, 2.45) is 7.05 Å². The van der Waals surface area contributed by atoms with Gasteiger partial charge in [-0.05, 0) is 66.1 Å². The van der Waals surface area contributed by atoms with E-state index in [9.17, 15) is 17.6 Å². The molecule has 0 aliphatic heterocycles. The standard InChI is InChI=1S/C27H23F4N5O/c1-3-9-32-14-16-10-22(27(29,30)31)24-23(11-16)34-26(37-24)18-6-4-5-17(12-18)20-8-7-19(28)13-21(20)25-35-33-15-36(25)2/h4-8,10-13,15,32H,3,9,14H2,1-2H3. The number of hydrogen-bond acceptors (Lipinski definition) is 5.